The van der Waals surface area contributed by atoms with Gasteiger partial charge in [-0.15, -0.1) is 0 Å². The zero-order valence-electron chi connectivity index (χ0n) is 10.5. The zero-order valence-corrected chi connectivity index (χ0v) is 10.5. The van der Waals surface area contributed by atoms with Crippen molar-refractivity contribution in [2.75, 3.05) is 6.54 Å². The second-order valence-corrected chi connectivity index (χ2v) is 3.85. The summed E-state index contributed by atoms with van der Waals surface area (Å²) in [5.74, 6) is -2.06. The fourth-order valence-corrected chi connectivity index (χ4v) is 1.66. The highest BCUT2D eigenvalue weighted by molar-refractivity contribution is 5.98. The lowest BCUT2D eigenvalue weighted by Gasteiger charge is -2.01. The van der Waals surface area contributed by atoms with Gasteiger partial charge in [-0.3, -0.25) is 24.4 Å². The van der Waals surface area contributed by atoms with Crippen LogP contribution < -0.4 is 5.32 Å². The number of amides is 1. The van der Waals surface area contributed by atoms with Gasteiger partial charge in [-0.2, -0.15) is 5.10 Å². The summed E-state index contributed by atoms with van der Waals surface area (Å²) < 4.78 is 1.10. The summed E-state index contributed by atoms with van der Waals surface area (Å²) in [6.45, 7) is 1.23. The van der Waals surface area contributed by atoms with Gasteiger partial charge >= 0.3 is 11.7 Å². The van der Waals surface area contributed by atoms with E-state index >= 15 is 0 Å². The van der Waals surface area contributed by atoms with Crippen LogP contribution in [0, 0.1) is 10.1 Å². The van der Waals surface area contributed by atoms with Crippen molar-refractivity contribution in [2.24, 2.45) is 7.05 Å². The van der Waals surface area contributed by atoms with Gasteiger partial charge in [0, 0.05) is 7.05 Å². The van der Waals surface area contributed by atoms with E-state index in [9.17, 15) is 19.7 Å². The first-order valence-electron chi connectivity index (χ1n) is 5.58. The maximum Gasteiger partial charge on any atom is 0.323 e. The molecule has 19 heavy (non-hydrogen) atoms. The Labute approximate surface area is 108 Å². The third kappa shape index (κ3) is 3.27. The Hall–Kier alpha value is -2.45. The van der Waals surface area contributed by atoms with E-state index in [1.54, 1.807) is 0 Å². The van der Waals surface area contributed by atoms with E-state index in [1.165, 1.54) is 7.05 Å². The number of nitro groups is 1. The van der Waals surface area contributed by atoms with E-state index in [0.717, 1.165) is 4.68 Å². The Morgan fingerprint density at radius 1 is 1.53 bits per heavy atom. The summed E-state index contributed by atoms with van der Waals surface area (Å²) in [7, 11) is 1.40. The predicted molar refractivity (Wildman–Crippen MR) is 63.8 cm³/mol. The second kappa shape index (κ2) is 5.94. The lowest BCUT2D eigenvalue weighted by molar-refractivity contribution is -0.385. The Balaban J connectivity index is 3.14. The average Bonchev–Trinajstić information content (AvgIpc) is 2.63. The lowest BCUT2D eigenvalue weighted by Crippen LogP contribution is -2.31. The molecule has 0 aliphatic carbocycles. The molecule has 9 nitrogen and oxygen atoms in total. The van der Waals surface area contributed by atoms with Crippen molar-refractivity contribution >= 4 is 17.6 Å². The first-order chi connectivity index (χ1) is 8.88. The van der Waals surface area contributed by atoms with E-state index in [2.05, 4.69) is 10.4 Å². The third-order valence-corrected chi connectivity index (χ3v) is 2.38. The van der Waals surface area contributed by atoms with Gasteiger partial charge in [0.05, 0.1) is 4.92 Å². The van der Waals surface area contributed by atoms with Crippen LogP contribution in [0.5, 0.6) is 0 Å². The number of carboxylic acid groups (broad SMARTS) is 1. The number of carboxylic acids is 1. The van der Waals surface area contributed by atoms with Crippen LogP contribution in [0.15, 0.2) is 0 Å². The highest BCUT2D eigenvalue weighted by Crippen LogP contribution is 2.24. The van der Waals surface area contributed by atoms with E-state index in [1.807, 2.05) is 6.92 Å². The number of carbonyl (C=O) groups is 2. The summed E-state index contributed by atoms with van der Waals surface area (Å²) in [5.41, 5.74) is -0.391. The van der Waals surface area contributed by atoms with Crippen molar-refractivity contribution in [3.63, 3.8) is 0 Å². The van der Waals surface area contributed by atoms with E-state index in [4.69, 9.17) is 5.11 Å². The van der Waals surface area contributed by atoms with E-state index in [0.29, 0.717) is 12.8 Å². The van der Waals surface area contributed by atoms with E-state index < -0.39 is 23.3 Å². The molecule has 1 rings (SSSR count). The van der Waals surface area contributed by atoms with Gasteiger partial charge in [-0.1, -0.05) is 13.3 Å². The van der Waals surface area contributed by atoms with Crippen LogP contribution in [0.4, 0.5) is 5.69 Å². The summed E-state index contributed by atoms with van der Waals surface area (Å²) in [4.78, 5) is 32.5. The van der Waals surface area contributed by atoms with E-state index in [-0.39, 0.29) is 17.1 Å². The molecule has 0 unspecified atom stereocenters. The maximum atomic E-state index is 11.8. The minimum Gasteiger partial charge on any atom is -0.480 e. The van der Waals surface area contributed by atoms with Crippen molar-refractivity contribution in [3.8, 4) is 0 Å². The van der Waals surface area contributed by atoms with Crippen LogP contribution in [0.2, 0.25) is 0 Å². The van der Waals surface area contributed by atoms with Gasteiger partial charge in [0.15, 0.2) is 0 Å². The van der Waals surface area contributed by atoms with Crippen LogP contribution >= 0.6 is 0 Å². The highest BCUT2D eigenvalue weighted by atomic mass is 16.6. The number of hydrogen-bond donors (Lipinski definition) is 2. The molecule has 0 spiro atoms. The molecule has 1 aromatic rings. The van der Waals surface area contributed by atoms with Crippen LogP contribution in [-0.2, 0) is 18.3 Å². The summed E-state index contributed by atoms with van der Waals surface area (Å²) in [6.07, 6.45) is 1.02. The topological polar surface area (TPSA) is 127 Å². The highest BCUT2D eigenvalue weighted by Gasteiger charge is 2.30. The molecular formula is C10H14N4O5. The Morgan fingerprint density at radius 3 is 2.63 bits per heavy atom. The fraction of sp³-hybridized carbons (Fsp3) is 0.500. The van der Waals surface area contributed by atoms with Crippen LogP contribution in [0.3, 0.4) is 0 Å². The number of nitrogens with zero attached hydrogens (tertiary/aromatic N) is 3. The monoisotopic (exact) mass is 270 g/mol. The molecule has 1 amide bonds. The Morgan fingerprint density at radius 2 is 2.16 bits per heavy atom. The SMILES string of the molecule is CCCc1nn(C)c(C(=O)NCC(=O)O)c1[N+](=O)[O-]. The predicted octanol–water partition coefficient (Wildman–Crippen LogP) is 0.0952. The number of rotatable bonds is 6. The molecule has 0 saturated heterocycles. The number of aliphatic carboxylic acids is 1. The summed E-state index contributed by atoms with van der Waals surface area (Å²) >= 11 is 0. The Bertz CT molecular complexity index is 522. The quantitative estimate of drug-likeness (QED) is 0.557. The molecule has 0 fully saturated rings. The third-order valence-electron chi connectivity index (χ3n) is 2.38. The molecule has 0 saturated carbocycles. The molecule has 0 aliphatic heterocycles. The van der Waals surface area contributed by atoms with Crippen LogP contribution in [-0.4, -0.2) is 38.2 Å². The Kier molecular flexibility index (Phi) is 4.56. The summed E-state index contributed by atoms with van der Waals surface area (Å²) in [5, 5.41) is 25.5. The van der Waals surface area contributed by atoms with Gasteiger partial charge in [-0.05, 0) is 6.42 Å². The van der Waals surface area contributed by atoms with Gasteiger partial charge in [0.2, 0.25) is 5.69 Å². The first-order valence-corrected chi connectivity index (χ1v) is 5.58. The molecule has 0 atom stereocenters. The molecule has 2 N–H and O–H groups in total. The molecule has 1 aromatic heterocycles. The number of hydrogen-bond acceptors (Lipinski definition) is 5. The lowest BCUT2D eigenvalue weighted by atomic mass is 10.2. The average molecular weight is 270 g/mol. The van der Waals surface area contributed by atoms with Crippen molar-refractivity contribution in [2.45, 2.75) is 19.8 Å². The normalized spacial score (nSPS) is 10.2. The number of nitrogens with one attached hydrogen (secondary N) is 1. The van der Waals surface area contributed by atoms with Crippen molar-refractivity contribution < 1.29 is 19.6 Å². The standard InChI is InChI=1S/C10H14N4O5/c1-3-4-6-8(14(18)19)9(13(2)12-6)10(17)11-5-7(15)16/h3-5H2,1-2H3,(H,11,17)(H,15,16). The van der Waals surface area contributed by atoms with Crippen LogP contribution in [0.1, 0.15) is 29.5 Å². The van der Waals surface area contributed by atoms with Gasteiger partial charge in [0.1, 0.15) is 12.2 Å². The minimum absolute atomic E-state index is 0.218. The van der Waals surface area contributed by atoms with Crippen LogP contribution in [0.25, 0.3) is 0 Å². The fourth-order valence-electron chi connectivity index (χ4n) is 1.66. The molecule has 0 radical (unpaired) electrons. The minimum atomic E-state index is -1.23. The second-order valence-electron chi connectivity index (χ2n) is 3.85. The zero-order chi connectivity index (χ0) is 14.6. The number of aryl methyl sites for hydroxylation is 2. The number of aromatic nitrogens is 2. The number of carbonyl (C=O) groups excluding carboxylic acids is 1. The summed E-state index contributed by atoms with van der Waals surface area (Å²) in [6, 6.07) is 0. The first kappa shape index (κ1) is 14.6. The van der Waals surface area contributed by atoms with Gasteiger partial charge < -0.3 is 10.4 Å². The maximum absolute atomic E-state index is 11.8. The van der Waals surface area contributed by atoms with Crippen molar-refractivity contribution in [1.29, 1.82) is 0 Å². The molecule has 0 bridgehead atoms. The molecular weight excluding hydrogens is 256 g/mol. The molecule has 0 aromatic carbocycles. The largest absolute Gasteiger partial charge is 0.480 e. The smallest absolute Gasteiger partial charge is 0.323 e. The molecule has 9 heteroatoms. The van der Waals surface area contributed by atoms with Gasteiger partial charge in [-0.25, -0.2) is 0 Å². The molecule has 0 aliphatic rings. The van der Waals surface area contributed by atoms with Gasteiger partial charge in [0.25, 0.3) is 5.91 Å². The van der Waals surface area contributed by atoms with Crippen molar-refractivity contribution in [3.05, 3.63) is 21.5 Å². The molecule has 1 heterocycles. The molecule has 104 valence electrons. The van der Waals surface area contributed by atoms with Crippen molar-refractivity contribution in [1.82, 2.24) is 15.1 Å².